The average Bonchev–Trinajstić information content (AvgIpc) is 2.72. The fourth-order valence-electron chi connectivity index (χ4n) is 3.54. The molecule has 0 aliphatic rings. The van der Waals surface area contributed by atoms with Crippen molar-refractivity contribution < 1.29 is 19.4 Å². The average molecular weight is 415 g/mol. The van der Waals surface area contributed by atoms with E-state index in [-0.39, 0.29) is 12.6 Å². The molecule has 0 heterocycles. The van der Waals surface area contributed by atoms with Gasteiger partial charge in [-0.25, -0.2) is 0 Å². The molecule has 0 saturated carbocycles. The Morgan fingerprint density at radius 1 is 0.690 bits per heavy atom. The lowest BCUT2D eigenvalue weighted by atomic mass is 10.0. The summed E-state index contributed by atoms with van der Waals surface area (Å²) in [4.78, 5) is 11.4. The van der Waals surface area contributed by atoms with Gasteiger partial charge in [-0.1, -0.05) is 110 Å². The molecule has 174 valence electrons. The van der Waals surface area contributed by atoms with E-state index in [1.165, 1.54) is 96.3 Å². The molecule has 0 radical (unpaired) electrons. The third kappa shape index (κ3) is 21.9. The van der Waals surface area contributed by atoms with Crippen molar-refractivity contribution in [2.24, 2.45) is 0 Å². The third-order valence-electron chi connectivity index (χ3n) is 5.40. The van der Waals surface area contributed by atoms with Crippen molar-refractivity contribution in [2.75, 3.05) is 19.8 Å². The second-order valence-corrected chi connectivity index (χ2v) is 8.42. The first-order chi connectivity index (χ1) is 14.2. The Morgan fingerprint density at radius 2 is 1.14 bits per heavy atom. The second-order valence-electron chi connectivity index (χ2n) is 8.42. The van der Waals surface area contributed by atoms with Crippen molar-refractivity contribution >= 4 is 5.97 Å². The van der Waals surface area contributed by atoms with Crippen molar-refractivity contribution in [1.29, 1.82) is 0 Å². The zero-order valence-electron chi connectivity index (χ0n) is 19.6. The van der Waals surface area contributed by atoms with Crippen LogP contribution in [0, 0.1) is 0 Å². The molecule has 1 N–H and O–H groups in total. The molecule has 0 aliphatic heterocycles. The van der Waals surface area contributed by atoms with Crippen molar-refractivity contribution in [2.45, 2.75) is 136 Å². The molecule has 0 aromatic carbocycles. The molecule has 0 spiro atoms. The SMILES string of the molecule is CCCCCCCCCCCCCCCCCCOCC(CO)OC(=O)CCC. The maximum Gasteiger partial charge on any atom is 0.306 e. The quantitative estimate of drug-likeness (QED) is 0.145. The number of carbonyl (C=O) groups excluding carboxylic acids is 1. The highest BCUT2D eigenvalue weighted by Gasteiger charge is 2.12. The molecule has 0 saturated heterocycles. The standard InChI is InChI=1S/C25H50O4/c1-3-5-6-7-8-9-10-11-12-13-14-15-16-17-18-19-21-28-23-24(22-26)29-25(27)20-4-2/h24,26H,3-23H2,1-2H3. The van der Waals surface area contributed by atoms with Crippen LogP contribution in [0.2, 0.25) is 0 Å². The Hall–Kier alpha value is -0.610. The van der Waals surface area contributed by atoms with Gasteiger partial charge in [0.15, 0.2) is 0 Å². The normalized spacial score (nSPS) is 12.2. The van der Waals surface area contributed by atoms with Crippen LogP contribution in [0.3, 0.4) is 0 Å². The Balaban J connectivity index is 3.22. The van der Waals surface area contributed by atoms with E-state index in [0.29, 0.717) is 19.6 Å². The van der Waals surface area contributed by atoms with Crippen LogP contribution in [0.25, 0.3) is 0 Å². The predicted molar refractivity (Wildman–Crippen MR) is 122 cm³/mol. The van der Waals surface area contributed by atoms with E-state index in [1.54, 1.807) is 0 Å². The van der Waals surface area contributed by atoms with Gasteiger partial charge in [0.2, 0.25) is 0 Å². The Morgan fingerprint density at radius 3 is 1.55 bits per heavy atom. The van der Waals surface area contributed by atoms with Crippen LogP contribution in [0.5, 0.6) is 0 Å². The predicted octanol–water partition coefficient (Wildman–Crippen LogP) is 6.97. The highest BCUT2D eigenvalue weighted by molar-refractivity contribution is 5.69. The molecule has 0 amide bonds. The van der Waals surface area contributed by atoms with Crippen LogP contribution < -0.4 is 0 Å². The first kappa shape index (κ1) is 28.4. The number of hydrogen-bond donors (Lipinski definition) is 1. The lowest BCUT2D eigenvalue weighted by Crippen LogP contribution is -2.27. The molecular weight excluding hydrogens is 364 g/mol. The molecule has 4 nitrogen and oxygen atoms in total. The molecule has 4 heteroatoms. The van der Waals surface area contributed by atoms with E-state index in [2.05, 4.69) is 6.92 Å². The van der Waals surface area contributed by atoms with Crippen LogP contribution in [-0.4, -0.2) is 37.0 Å². The summed E-state index contributed by atoms with van der Waals surface area (Å²) in [5.74, 6) is -0.252. The van der Waals surface area contributed by atoms with Crippen molar-refractivity contribution in [3.8, 4) is 0 Å². The minimum Gasteiger partial charge on any atom is -0.457 e. The number of ether oxygens (including phenoxy) is 2. The molecule has 0 aromatic rings. The molecule has 1 unspecified atom stereocenters. The van der Waals surface area contributed by atoms with E-state index in [9.17, 15) is 9.90 Å². The highest BCUT2D eigenvalue weighted by atomic mass is 16.6. The molecule has 0 aromatic heterocycles. The molecule has 1 atom stereocenters. The summed E-state index contributed by atoms with van der Waals surface area (Å²) in [5.41, 5.74) is 0. The van der Waals surface area contributed by atoms with Gasteiger partial charge in [-0.05, 0) is 12.8 Å². The van der Waals surface area contributed by atoms with Crippen molar-refractivity contribution in [1.82, 2.24) is 0 Å². The number of rotatable bonds is 23. The zero-order chi connectivity index (χ0) is 21.4. The largest absolute Gasteiger partial charge is 0.457 e. The fraction of sp³-hybridized carbons (Fsp3) is 0.960. The van der Waals surface area contributed by atoms with Gasteiger partial charge in [-0.3, -0.25) is 4.79 Å². The minimum atomic E-state index is -0.518. The smallest absolute Gasteiger partial charge is 0.306 e. The Labute approximate surface area is 181 Å². The van der Waals surface area contributed by atoms with E-state index >= 15 is 0 Å². The Bertz CT molecular complexity index is 333. The number of esters is 1. The minimum absolute atomic E-state index is 0.172. The van der Waals surface area contributed by atoms with Crippen LogP contribution in [0.4, 0.5) is 0 Å². The Kier molecular flexibility index (Phi) is 23.2. The zero-order valence-corrected chi connectivity index (χ0v) is 19.6. The van der Waals surface area contributed by atoms with Crippen molar-refractivity contribution in [3.05, 3.63) is 0 Å². The summed E-state index contributed by atoms with van der Waals surface area (Å²) in [5, 5.41) is 9.23. The maximum absolute atomic E-state index is 11.4. The van der Waals surface area contributed by atoms with Gasteiger partial charge in [0.1, 0.15) is 6.10 Å². The maximum atomic E-state index is 11.4. The molecule has 0 fully saturated rings. The van der Waals surface area contributed by atoms with Crippen molar-refractivity contribution in [3.63, 3.8) is 0 Å². The van der Waals surface area contributed by atoms with Gasteiger partial charge in [0, 0.05) is 13.0 Å². The third-order valence-corrected chi connectivity index (χ3v) is 5.40. The molecule has 0 bridgehead atoms. The molecule has 29 heavy (non-hydrogen) atoms. The summed E-state index contributed by atoms with van der Waals surface area (Å²) < 4.78 is 10.7. The first-order valence-electron chi connectivity index (χ1n) is 12.6. The number of aliphatic hydroxyl groups excluding tert-OH is 1. The van der Waals surface area contributed by atoms with E-state index in [1.807, 2.05) is 6.92 Å². The monoisotopic (exact) mass is 414 g/mol. The first-order valence-corrected chi connectivity index (χ1v) is 12.6. The van der Waals surface area contributed by atoms with E-state index in [4.69, 9.17) is 9.47 Å². The second kappa shape index (κ2) is 23.7. The highest BCUT2D eigenvalue weighted by Crippen LogP contribution is 2.13. The summed E-state index contributed by atoms with van der Waals surface area (Å²) in [7, 11) is 0. The molecule has 0 aliphatic carbocycles. The lowest BCUT2D eigenvalue weighted by Gasteiger charge is -2.15. The summed E-state index contributed by atoms with van der Waals surface area (Å²) in [6, 6.07) is 0. The van der Waals surface area contributed by atoms with Crippen LogP contribution in [-0.2, 0) is 14.3 Å². The van der Waals surface area contributed by atoms with E-state index < -0.39 is 6.10 Å². The van der Waals surface area contributed by atoms with Gasteiger partial charge >= 0.3 is 5.97 Å². The van der Waals surface area contributed by atoms with Crippen LogP contribution in [0.1, 0.15) is 129 Å². The molecular formula is C25H50O4. The van der Waals surface area contributed by atoms with E-state index in [0.717, 1.165) is 12.8 Å². The van der Waals surface area contributed by atoms with Gasteiger partial charge < -0.3 is 14.6 Å². The summed E-state index contributed by atoms with van der Waals surface area (Å²) >= 11 is 0. The lowest BCUT2D eigenvalue weighted by molar-refractivity contribution is -0.154. The van der Waals surface area contributed by atoms with Gasteiger partial charge in [-0.2, -0.15) is 0 Å². The number of carbonyl (C=O) groups is 1. The van der Waals surface area contributed by atoms with Gasteiger partial charge in [-0.15, -0.1) is 0 Å². The number of hydrogen-bond acceptors (Lipinski definition) is 4. The molecule has 0 rings (SSSR count). The van der Waals surface area contributed by atoms with Gasteiger partial charge in [0.05, 0.1) is 13.2 Å². The summed E-state index contributed by atoms with van der Waals surface area (Å²) in [6.45, 7) is 5.02. The number of unbranched alkanes of at least 4 members (excludes halogenated alkanes) is 15. The topological polar surface area (TPSA) is 55.8 Å². The van der Waals surface area contributed by atoms with Crippen LogP contribution in [0.15, 0.2) is 0 Å². The fourth-order valence-corrected chi connectivity index (χ4v) is 3.54. The number of aliphatic hydroxyl groups is 1. The van der Waals surface area contributed by atoms with Crippen LogP contribution >= 0.6 is 0 Å². The van der Waals surface area contributed by atoms with Gasteiger partial charge in [0.25, 0.3) is 0 Å². The summed E-state index contributed by atoms with van der Waals surface area (Å²) in [6.07, 6.45) is 22.4.